The molecule has 1 aliphatic carbocycles. The van der Waals surface area contributed by atoms with E-state index < -0.39 is 0 Å². The SMILES string of the molecule is CC(C)(C)Cc1cc(NC(=O)C2CCCc3cccnc32)n[nH]1. The van der Waals surface area contributed by atoms with Crippen LogP contribution in [0.15, 0.2) is 24.4 Å². The van der Waals surface area contributed by atoms with Gasteiger partial charge >= 0.3 is 0 Å². The van der Waals surface area contributed by atoms with Gasteiger partial charge in [-0.05, 0) is 42.7 Å². The Labute approximate surface area is 136 Å². The van der Waals surface area contributed by atoms with Crippen LogP contribution in [0.1, 0.15) is 56.5 Å². The van der Waals surface area contributed by atoms with Crippen LogP contribution in [-0.2, 0) is 17.6 Å². The van der Waals surface area contributed by atoms with Gasteiger partial charge in [0.1, 0.15) is 0 Å². The van der Waals surface area contributed by atoms with E-state index in [-0.39, 0.29) is 17.2 Å². The molecule has 2 aromatic rings. The van der Waals surface area contributed by atoms with E-state index in [2.05, 4.69) is 47.3 Å². The number of aryl methyl sites for hydroxylation is 1. The highest BCUT2D eigenvalue weighted by molar-refractivity contribution is 5.95. The average molecular weight is 312 g/mol. The predicted molar refractivity (Wildman–Crippen MR) is 90.3 cm³/mol. The van der Waals surface area contributed by atoms with Gasteiger partial charge in [-0.1, -0.05) is 26.8 Å². The van der Waals surface area contributed by atoms with E-state index in [0.717, 1.165) is 37.1 Å². The van der Waals surface area contributed by atoms with Crippen LogP contribution in [0, 0.1) is 5.41 Å². The first-order valence-electron chi connectivity index (χ1n) is 8.21. The quantitative estimate of drug-likeness (QED) is 0.912. The minimum Gasteiger partial charge on any atom is -0.309 e. The molecule has 0 saturated carbocycles. The molecule has 0 radical (unpaired) electrons. The van der Waals surface area contributed by atoms with Crippen molar-refractivity contribution >= 4 is 11.7 Å². The van der Waals surface area contributed by atoms with Gasteiger partial charge < -0.3 is 5.32 Å². The highest BCUT2D eigenvalue weighted by Crippen LogP contribution is 2.30. The molecule has 2 aromatic heterocycles. The molecule has 122 valence electrons. The second-order valence-corrected chi connectivity index (χ2v) is 7.50. The molecule has 5 nitrogen and oxygen atoms in total. The molecule has 1 aliphatic rings. The summed E-state index contributed by atoms with van der Waals surface area (Å²) in [6.45, 7) is 6.53. The molecule has 0 bridgehead atoms. The van der Waals surface area contributed by atoms with E-state index >= 15 is 0 Å². The standard InChI is InChI=1S/C18H24N4O/c1-18(2,3)11-13-10-15(22-21-13)20-17(23)14-8-4-6-12-7-5-9-19-16(12)14/h5,7,9-10,14H,4,6,8,11H2,1-3H3,(H2,20,21,22,23). The molecular formula is C18H24N4O. The lowest BCUT2D eigenvalue weighted by atomic mass is 9.86. The van der Waals surface area contributed by atoms with Gasteiger partial charge in [0, 0.05) is 18.0 Å². The average Bonchev–Trinajstić information content (AvgIpc) is 2.91. The molecule has 0 aromatic carbocycles. The Morgan fingerprint density at radius 1 is 1.43 bits per heavy atom. The van der Waals surface area contributed by atoms with Crippen LogP contribution in [0.5, 0.6) is 0 Å². The Balaban J connectivity index is 1.71. The maximum Gasteiger partial charge on any atom is 0.234 e. The number of anilines is 1. The van der Waals surface area contributed by atoms with Crippen molar-refractivity contribution in [1.82, 2.24) is 15.2 Å². The monoisotopic (exact) mass is 312 g/mol. The highest BCUT2D eigenvalue weighted by Gasteiger charge is 2.28. The van der Waals surface area contributed by atoms with Crippen LogP contribution in [0.25, 0.3) is 0 Å². The number of fused-ring (bicyclic) bond motifs is 1. The lowest BCUT2D eigenvalue weighted by Crippen LogP contribution is -2.25. The Hall–Kier alpha value is -2.17. The zero-order chi connectivity index (χ0) is 16.4. The maximum absolute atomic E-state index is 12.6. The van der Waals surface area contributed by atoms with E-state index in [4.69, 9.17) is 0 Å². The number of carbonyl (C=O) groups excluding carboxylic acids is 1. The van der Waals surface area contributed by atoms with Gasteiger partial charge in [-0.3, -0.25) is 14.9 Å². The Morgan fingerprint density at radius 3 is 3.04 bits per heavy atom. The number of aromatic amines is 1. The third-order valence-electron chi connectivity index (χ3n) is 4.11. The second-order valence-electron chi connectivity index (χ2n) is 7.50. The zero-order valence-corrected chi connectivity index (χ0v) is 14.0. The lowest BCUT2D eigenvalue weighted by molar-refractivity contribution is -0.118. The molecule has 3 rings (SSSR count). The summed E-state index contributed by atoms with van der Waals surface area (Å²) in [5.41, 5.74) is 3.33. The summed E-state index contributed by atoms with van der Waals surface area (Å²) in [5, 5.41) is 10.2. The summed E-state index contributed by atoms with van der Waals surface area (Å²) < 4.78 is 0. The minimum atomic E-state index is -0.178. The van der Waals surface area contributed by atoms with Gasteiger partial charge in [0.25, 0.3) is 0 Å². The van der Waals surface area contributed by atoms with Crippen molar-refractivity contribution in [2.75, 3.05) is 5.32 Å². The molecular weight excluding hydrogens is 288 g/mol. The van der Waals surface area contributed by atoms with Crippen molar-refractivity contribution in [3.8, 4) is 0 Å². The van der Waals surface area contributed by atoms with Crippen LogP contribution in [0.2, 0.25) is 0 Å². The number of H-pyrrole nitrogens is 1. The highest BCUT2D eigenvalue weighted by atomic mass is 16.2. The number of carbonyl (C=O) groups is 1. The van der Waals surface area contributed by atoms with Gasteiger partial charge in [-0.15, -0.1) is 0 Å². The van der Waals surface area contributed by atoms with E-state index in [9.17, 15) is 4.79 Å². The number of pyridine rings is 1. The number of nitrogens with one attached hydrogen (secondary N) is 2. The molecule has 1 unspecified atom stereocenters. The lowest BCUT2D eigenvalue weighted by Gasteiger charge is -2.22. The third kappa shape index (κ3) is 3.78. The van der Waals surface area contributed by atoms with Crippen molar-refractivity contribution in [3.05, 3.63) is 41.3 Å². The maximum atomic E-state index is 12.6. The molecule has 0 aliphatic heterocycles. The fourth-order valence-electron chi connectivity index (χ4n) is 3.17. The second kappa shape index (κ2) is 6.14. The van der Waals surface area contributed by atoms with Crippen LogP contribution in [0.3, 0.4) is 0 Å². The first kappa shape index (κ1) is 15.7. The molecule has 2 heterocycles. The first-order chi connectivity index (χ1) is 10.9. The van der Waals surface area contributed by atoms with Gasteiger partial charge in [0.15, 0.2) is 5.82 Å². The molecule has 1 atom stereocenters. The van der Waals surface area contributed by atoms with Gasteiger partial charge in [0.05, 0.1) is 11.6 Å². The minimum absolute atomic E-state index is 0.0153. The molecule has 23 heavy (non-hydrogen) atoms. The molecule has 0 saturated heterocycles. The third-order valence-corrected chi connectivity index (χ3v) is 4.11. The molecule has 1 amide bonds. The van der Waals surface area contributed by atoms with E-state index in [1.54, 1.807) is 6.20 Å². The van der Waals surface area contributed by atoms with Crippen molar-refractivity contribution in [1.29, 1.82) is 0 Å². The smallest absolute Gasteiger partial charge is 0.234 e. The number of aromatic nitrogens is 3. The fourth-order valence-corrected chi connectivity index (χ4v) is 3.17. The van der Waals surface area contributed by atoms with Crippen LogP contribution in [0.4, 0.5) is 5.82 Å². The number of amides is 1. The topological polar surface area (TPSA) is 70.7 Å². The largest absolute Gasteiger partial charge is 0.309 e. The van der Waals surface area contributed by atoms with Crippen LogP contribution >= 0.6 is 0 Å². The summed E-state index contributed by atoms with van der Waals surface area (Å²) in [4.78, 5) is 17.0. The van der Waals surface area contributed by atoms with Crippen molar-refractivity contribution in [2.24, 2.45) is 5.41 Å². The first-order valence-corrected chi connectivity index (χ1v) is 8.21. The molecule has 5 heteroatoms. The summed E-state index contributed by atoms with van der Waals surface area (Å²) in [7, 11) is 0. The fraction of sp³-hybridized carbons (Fsp3) is 0.500. The van der Waals surface area contributed by atoms with Gasteiger partial charge in [0.2, 0.25) is 5.91 Å². The Kier molecular flexibility index (Phi) is 4.20. The van der Waals surface area contributed by atoms with Crippen molar-refractivity contribution < 1.29 is 4.79 Å². The van der Waals surface area contributed by atoms with Gasteiger partial charge in [-0.2, -0.15) is 5.10 Å². The summed E-state index contributed by atoms with van der Waals surface area (Å²) in [6, 6.07) is 5.93. The Morgan fingerprint density at radius 2 is 2.26 bits per heavy atom. The van der Waals surface area contributed by atoms with Crippen molar-refractivity contribution in [2.45, 2.75) is 52.4 Å². The number of hydrogen-bond acceptors (Lipinski definition) is 3. The van der Waals surface area contributed by atoms with Gasteiger partial charge in [-0.25, -0.2) is 0 Å². The summed E-state index contributed by atoms with van der Waals surface area (Å²) in [5.74, 6) is 0.401. The number of hydrogen-bond donors (Lipinski definition) is 2. The zero-order valence-electron chi connectivity index (χ0n) is 14.0. The van der Waals surface area contributed by atoms with E-state index in [0.29, 0.717) is 5.82 Å². The molecule has 0 fully saturated rings. The molecule has 0 spiro atoms. The van der Waals surface area contributed by atoms with E-state index in [1.165, 1.54) is 5.56 Å². The number of rotatable bonds is 3. The predicted octanol–water partition coefficient (Wildman–Crippen LogP) is 3.45. The Bertz CT molecular complexity index is 699. The summed E-state index contributed by atoms with van der Waals surface area (Å²) in [6.07, 6.45) is 5.52. The number of nitrogens with zero attached hydrogens (tertiary/aromatic N) is 2. The van der Waals surface area contributed by atoms with Crippen LogP contribution < -0.4 is 5.32 Å². The van der Waals surface area contributed by atoms with Crippen molar-refractivity contribution in [3.63, 3.8) is 0 Å². The van der Waals surface area contributed by atoms with E-state index in [1.807, 2.05) is 12.1 Å². The van der Waals surface area contributed by atoms with Crippen LogP contribution in [-0.4, -0.2) is 21.1 Å². The normalized spacial score (nSPS) is 17.6. The molecule has 2 N–H and O–H groups in total. The summed E-state index contributed by atoms with van der Waals surface area (Å²) >= 11 is 0.